The monoisotopic (exact) mass is 399 g/mol. The van der Waals surface area contributed by atoms with Crippen molar-refractivity contribution >= 4 is 31.7 Å². The Morgan fingerprint density at radius 3 is 1.92 bits per heavy atom. The molecular weight excluding hydrogens is 380 g/mol. The predicted molar refractivity (Wildman–Crippen MR) is 88.3 cm³/mol. The van der Waals surface area contributed by atoms with Gasteiger partial charge in [-0.3, -0.25) is 0 Å². The standard InChI is InChI=1S/C14H19F2NO6S2/c1-4-8-24(19,20)17(25(21,22)9-5-2)11-7-6-10(15)12(13(11)16)14(18)23-3/h6-7H,4-5,8-9H2,1-3H3. The van der Waals surface area contributed by atoms with Crippen molar-refractivity contribution in [3.63, 3.8) is 0 Å². The summed E-state index contributed by atoms with van der Waals surface area (Å²) in [7, 11) is -8.04. The lowest BCUT2D eigenvalue weighted by Gasteiger charge is -2.24. The van der Waals surface area contributed by atoms with Crippen LogP contribution in [0.5, 0.6) is 0 Å². The van der Waals surface area contributed by atoms with Crippen molar-refractivity contribution in [1.82, 2.24) is 0 Å². The molecule has 0 fully saturated rings. The molecule has 0 N–H and O–H groups in total. The second kappa shape index (κ2) is 8.09. The number of nitrogens with zero attached hydrogens (tertiary/aromatic N) is 1. The minimum atomic E-state index is -4.46. The Balaban J connectivity index is 3.77. The second-order valence-corrected chi connectivity index (χ2v) is 9.18. The normalized spacial score (nSPS) is 12.0. The largest absolute Gasteiger partial charge is 0.465 e. The van der Waals surface area contributed by atoms with Gasteiger partial charge in [0.05, 0.1) is 18.6 Å². The predicted octanol–water partition coefficient (Wildman–Crippen LogP) is 2.04. The average molecular weight is 399 g/mol. The fourth-order valence-corrected chi connectivity index (χ4v) is 6.20. The first kappa shape index (κ1) is 21.3. The SMILES string of the molecule is CCCS(=O)(=O)N(c1ccc(F)c(C(=O)OC)c1F)S(=O)(=O)CCC. The summed E-state index contributed by atoms with van der Waals surface area (Å²) in [6.07, 6.45) is 0.153. The van der Waals surface area contributed by atoms with E-state index < -0.39 is 60.4 Å². The van der Waals surface area contributed by atoms with Gasteiger partial charge in [-0.1, -0.05) is 13.8 Å². The molecule has 0 unspecified atom stereocenters. The Bertz CT molecular complexity index is 816. The molecule has 1 aromatic rings. The fraction of sp³-hybridized carbons (Fsp3) is 0.500. The highest BCUT2D eigenvalue weighted by Crippen LogP contribution is 2.30. The van der Waals surface area contributed by atoms with Crippen molar-refractivity contribution in [3.05, 3.63) is 29.3 Å². The molecule has 0 aliphatic rings. The summed E-state index contributed by atoms with van der Waals surface area (Å²) in [4.78, 5) is 11.6. The van der Waals surface area contributed by atoms with Crippen molar-refractivity contribution in [2.45, 2.75) is 26.7 Å². The first-order chi connectivity index (χ1) is 11.5. The van der Waals surface area contributed by atoms with Gasteiger partial charge in [-0.2, -0.15) is 3.71 Å². The van der Waals surface area contributed by atoms with Crippen LogP contribution in [0.2, 0.25) is 0 Å². The molecule has 11 heteroatoms. The second-order valence-electron chi connectivity index (χ2n) is 5.08. The Morgan fingerprint density at radius 2 is 1.52 bits per heavy atom. The van der Waals surface area contributed by atoms with Gasteiger partial charge in [0.25, 0.3) is 0 Å². The molecule has 25 heavy (non-hydrogen) atoms. The number of methoxy groups -OCH3 is 1. The van der Waals surface area contributed by atoms with Crippen LogP contribution < -0.4 is 3.71 Å². The van der Waals surface area contributed by atoms with E-state index in [1.165, 1.54) is 13.8 Å². The summed E-state index contributed by atoms with van der Waals surface area (Å²) in [5, 5.41) is 0. The van der Waals surface area contributed by atoms with Gasteiger partial charge in [0, 0.05) is 0 Å². The molecule has 0 saturated heterocycles. The molecule has 0 radical (unpaired) electrons. The molecule has 0 atom stereocenters. The zero-order valence-electron chi connectivity index (χ0n) is 14.0. The summed E-state index contributed by atoms with van der Waals surface area (Å²) in [5.74, 6) is -5.45. The molecule has 0 saturated carbocycles. The third-order valence-electron chi connectivity index (χ3n) is 3.09. The quantitative estimate of drug-likeness (QED) is 0.621. The van der Waals surface area contributed by atoms with Crippen LogP contribution in [0.25, 0.3) is 0 Å². The molecular formula is C14H19F2NO6S2. The van der Waals surface area contributed by atoms with Crippen molar-refractivity contribution in [1.29, 1.82) is 0 Å². The number of rotatable bonds is 8. The summed E-state index contributed by atoms with van der Waals surface area (Å²) in [5.41, 5.74) is -2.10. The maximum absolute atomic E-state index is 14.7. The third kappa shape index (κ3) is 4.46. The van der Waals surface area contributed by atoms with E-state index in [-0.39, 0.29) is 16.6 Å². The van der Waals surface area contributed by atoms with Crippen LogP contribution >= 0.6 is 0 Å². The minimum absolute atomic E-state index is 0.0613. The molecule has 0 amide bonds. The molecule has 0 heterocycles. The molecule has 142 valence electrons. The smallest absolute Gasteiger partial charge is 0.343 e. The number of anilines is 1. The zero-order valence-corrected chi connectivity index (χ0v) is 15.6. The highest BCUT2D eigenvalue weighted by atomic mass is 32.3. The van der Waals surface area contributed by atoms with Gasteiger partial charge in [0.1, 0.15) is 17.1 Å². The zero-order chi connectivity index (χ0) is 19.4. The van der Waals surface area contributed by atoms with Gasteiger partial charge in [0.2, 0.25) is 20.0 Å². The highest BCUT2D eigenvalue weighted by molar-refractivity contribution is 8.10. The van der Waals surface area contributed by atoms with Crippen LogP contribution in [0.1, 0.15) is 37.0 Å². The van der Waals surface area contributed by atoms with Gasteiger partial charge in [-0.15, -0.1) is 0 Å². The number of hydrogen-bond donors (Lipinski definition) is 0. The van der Waals surface area contributed by atoms with Crippen LogP contribution in [-0.2, 0) is 24.8 Å². The highest BCUT2D eigenvalue weighted by Gasteiger charge is 2.37. The molecule has 1 rings (SSSR count). The lowest BCUT2D eigenvalue weighted by Crippen LogP contribution is -2.40. The van der Waals surface area contributed by atoms with Gasteiger partial charge in [0.15, 0.2) is 5.82 Å². The summed E-state index contributed by atoms with van der Waals surface area (Å²) < 4.78 is 82.3. The average Bonchev–Trinajstić information content (AvgIpc) is 2.49. The van der Waals surface area contributed by atoms with Crippen LogP contribution in [-0.4, -0.2) is 41.4 Å². The van der Waals surface area contributed by atoms with Crippen LogP contribution in [0.3, 0.4) is 0 Å². The number of carbonyl (C=O) groups is 1. The number of ether oxygens (including phenoxy) is 1. The van der Waals surface area contributed by atoms with Crippen LogP contribution in [0.4, 0.5) is 14.5 Å². The Kier molecular flexibility index (Phi) is 6.89. The lowest BCUT2D eigenvalue weighted by atomic mass is 10.2. The molecule has 0 bridgehead atoms. The number of hydrogen-bond acceptors (Lipinski definition) is 6. The molecule has 0 aliphatic carbocycles. The first-order valence-corrected chi connectivity index (χ1v) is 10.6. The van der Waals surface area contributed by atoms with Gasteiger partial charge in [-0.25, -0.2) is 30.4 Å². The number of benzene rings is 1. The molecule has 0 spiro atoms. The van der Waals surface area contributed by atoms with E-state index in [1.54, 1.807) is 0 Å². The minimum Gasteiger partial charge on any atom is -0.465 e. The van der Waals surface area contributed by atoms with E-state index in [1.807, 2.05) is 0 Å². The molecule has 0 aliphatic heterocycles. The van der Waals surface area contributed by atoms with Crippen molar-refractivity contribution in [2.75, 3.05) is 22.3 Å². The Morgan fingerprint density at radius 1 is 1.04 bits per heavy atom. The number of halogens is 2. The summed E-state index contributed by atoms with van der Waals surface area (Å²) in [6, 6.07) is 1.28. The Labute approximate surface area is 145 Å². The van der Waals surface area contributed by atoms with Crippen molar-refractivity contribution < 1.29 is 35.1 Å². The maximum atomic E-state index is 14.7. The Hall–Kier alpha value is -1.75. The molecule has 1 aromatic carbocycles. The van der Waals surface area contributed by atoms with E-state index in [4.69, 9.17) is 0 Å². The van der Waals surface area contributed by atoms with Gasteiger partial charge >= 0.3 is 5.97 Å². The van der Waals surface area contributed by atoms with Gasteiger partial charge in [-0.05, 0) is 25.0 Å². The van der Waals surface area contributed by atoms with E-state index in [0.29, 0.717) is 12.1 Å². The number of sulfonamides is 2. The summed E-state index contributed by atoms with van der Waals surface area (Å²) >= 11 is 0. The number of esters is 1. The van der Waals surface area contributed by atoms with Crippen LogP contribution in [0, 0.1) is 11.6 Å². The van der Waals surface area contributed by atoms with E-state index in [0.717, 1.165) is 7.11 Å². The third-order valence-corrected chi connectivity index (χ3v) is 7.70. The van der Waals surface area contributed by atoms with Gasteiger partial charge < -0.3 is 4.74 Å². The fourth-order valence-electron chi connectivity index (χ4n) is 2.13. The maximum Gasteiger partial charge on any atom is 0.343 e. The van der Waals surface area contributed by atoms with E-state index in [9.17, 15) is 30.4 Å². The van der Waals surface area contributed by atoms with Crippen molar-refractivity contribution in [2.24, 2.45) is 0 Å². The summed E-state index contributed by atoms with van der Waals surface area (Å²) in [6.45, 7) is 3.01. The molecule has 7 nitrogen and oxygen atoms in total. The molecule has 0 aromatic heterocycles. The van der Waals surface area contributed by atoms with Crippen molar-refractivity contribution in [3.8, 4) is 0 Å². The number of carbonyl (C=O) groups excluding carboxylic acids is 1. The van der Waals surface area contributed by atoms with E-state index >= 15 is 0 Å². The van der Waals surface area contributed by atoms with Crippen LogP contribution in [0.15, 0.2) is 12.1 Å². The topological polar surface area (TPSA) is 97.8 Å². The lowest BCUT2D eigenvalue weighted by molar-refractivity contribution is 0.0590. The first-order valence-electron chi connectivity index (χ1n) is 7.35. The van der Waals surface area contributed by atoms with E-state index in [2.05, 4.69) is 4.74 Å².